The van der Waals surface area contributed by atoms with Gasteiger partial charge in [0.1, 0.15) is 11.5 Å². The highest BCUT2D eigenvalue weighted by molar-refractivity contribution is 5.41. The molecule has 0 radical (unpaired) electrons. The normalized spacial score (nSPS) is 18.8. The third-order valence-corrected chi connectivity index (χ3v) is 3.23. The SMILES string of the molecule is COc1ccc2c(c1)CCNC2c1ccco1. The summed E-state index contributed by atoms with van der Waals surface area (Å²) in [5.74, 6) is 1.89. The zero-order chi connectivity index (χ0) is 11.7. The maximum Gasteiger partial charge on any atom is 0.125 e. The lowest BCUT2D eigenvalue weighted by molar-refractivity contribution is 0.410. The lowest BCUT2D eigenvalue weighted by Crippen LogP contribution is -2.30. The van der Waals surface area contributed by atoms with Crippen LogP contribution in [0.5, 0.6) is 5.75 Å². The van der Waals surface area contributed by atoms with Crippen LogP contribution in [0, 0.1) is 0 Å². The molecule has 3 rings (SSSR count). The second-order valence-electron chi connectivity index (χ2n) is 4.22. The first-order chi connectivity index (χ1) is 8.38. The number of furan rings is 1. The summed E-state index contributed by atoms with van der Waals surface area (Å²) in [5, 5.41) is 3.48. The molecule has 0 amide bonds. The van der Waals surface area contributed by atoms with Crippen LogP contribution < -0.4 is 10.1 Å². The van der Waals surface area contributed by atoms with Gasteiger partial charge in [-0.2, -0.15) is 0 Å². The van der Waals surface area contributed by atoms with Crippen LogP contribution in [-0.4, -0.2) is 13.7 Å². The third kappa shape index (κ3) is 1.83. The summed E-state index contributed by atoms with van der Waals surface area (Å²) in [4.78, 5) is 0. The molecule has 1 aliphatic rings. The Morgan fingerprint density at radius 3 is 3.06 bits per heavy atom. The first-order valence-electron chi connectivity index (χ1n) is 5.82. The van der Waals surface area contributed by atoms with Gasteiger partial charge in [-0.3, -0.25) is 0 Å². The number of hydrogen-bond acceptors (Lipinski definition) is 3. The van der Waals surface area contributed by atoms with E-state index >= 15 is 0 Å². The van der Waals surface area contributed by atoms with E-state index in [1.165, 1.54) is 11.1 Å². The zero-order valence-electron chi connectivity index (χ0n) is 9.77. The molecule has 0 saturated heterocycles. The fourth-order valence-electron chi connectivity index (χ4n) is 2.38. The van der Waals surface area contributed by atoms with Gasteiger partial charge in [0.2, 0.25) is 0 Å². The second kappa shape index (κ2) is 4.26. The Labute approximate surface area is 100 Å². The Morgan fingerprint density at radius 1 is 1.35 bits per heavy atom. The van der Waals surface area contributed by atoms with Crippen molar-refractivity contribution in [1.82, 2.24) is 5.32 Å². The van der Waals surface area contributed by atoms with Crippen LogP contribution in [0.4, 0.5) is 0 Å². The molecule has 0 aliphatic carbocycles. The van der Waals surface area contributed by atoms with Gasteiger partial charge in [-0.05, 0) is 41.8 Å². The average molecular weight is 229 g/mol. The highest BCUT2D eigenvalue weighted by Gasteiger charge is 2.23. The van der Waals surface area contributed by atoms with Crippen LogP contribution in [0.1, 0.15) is 22.9 Å². The molecule has 0 bridgehead atoms. The Hall–Kier alpha value is -1.74. The number of fused-ring (bicyclic) bond motifs is 1. The molecule has 1 aromatic carbocycles. The largest absolute Gasteiger partial charge is 0.497 e. The topological polar surface area (TPSA) is 34.4 Å². The summed E-state index contributed by atoms with van der Waals surface area (Å²) in [6.45, 7) is 0.964. The van der Waals surface area contributed by atoms with Gasteiger partial charge in [-0.25, -0.2) is 0 Å². The predicted molar refractivity (Wildman–Crippen MR) is 65.3 cm³/mol. The first kappa shape index (κ1) is 10.4. The van der Waals surface area contributed by atoms with Gasteiger partial charge in [0.25, 0.3) is 0 Å². The molecule has 3 nitrogen and oxygen atoms in total. The highest BCUT2D eigenvalue weighted by Crippen LogP contribution is 2.31. The van der Waals surface area contributed by atoms with Gasteiger partial charge in [0.05, 0.1) is 19.4 Å². The van der Waals surface area contributed by atoms with Gasteiger partial charge in [-0.1, -0.05) is 6.07 Å². The van der Waals surface area contributed by atoms with E-state index in [0.717, 1.165) is 24.5 Å². The molecule has 1 atom stereocenters. The van der Waals surface area contributed by atoms with Crippen molar-refractivity contribution in [1.29, 1.82) is 0 Å². The summed E-state index contributed by atoms with van der Waals surface area (Å²) in [5.41, 5.74) is 2.62. The summed E-state index contributed by atoms with van der Waals surface area (Å²) >= 11 is 0. The number of ether oxygens (including phenoxy) is 1. The molecule has 2 heterocycles. The van der Waals surface area contributed by atoms with Crippen molar-refractivity contribution in [3.05, 3.63) is 53.5 Å². The van der Waals surface area contributed by atoms with Crippen molar-refractivity contribution in [2.24, 2.45) is 0 Å². The smallest absolute Gasteiger partial charge is 0.125 e. The van der Waals surface area contributed by atoms with E-state index in [0.29, 0.717) is 0 Å². The number of methoxy groups -OCH3 is 1. The predicted octanol–water partition coefficient (Wildman–Crippen LogP) is 2.52. The van der Waals surface area contributed by atoms with E-state index in [2.05, 4.69) is 17.4 Å². The number of nitrogens with one attached hydrogen (secondary N) is 1. The van der Waals surface area contributed by atoms with E-state index in [1.807, 2.05) is 18.2 Å². The van der Waals surface area contributed by atoms with Crippen LogP contribution in [-0.2, 0) is 6.42 Å². The summed E-state index contributed by atoms with van der Waals surface area (Å²) in [6.07, 6.45) is 2.75. The van der Waals surface area contributed by atoms with Gasteiger partial charge in [0, 0.05) is 6.54 Å². The van der Waals surface area contributed by atoms with Crippen LogP contribution in [0.15, 0.2) is 41.0 Å². The fourth-order valence-corrected chi connectivity index (χ4v) is 2.38. The van der Waals surface area contributed by atoms with Crippen molar-refractivity contribution in [2.45, 2.75) is 12.5 Å². The molecular formula is C14H15NO2. The van der Waals surface area contributed by atoms with E-state index in [9.17, 15) is 0 Å². The molecule has 2 aromatic rings. The van der Waals surface area contributed by atoms with Crippen molar-refractivity contribution >= 4 is 0 Å². The van der Waals surface area contributed by atoms with Crippen molar-refractivity contribution < 1.29 is 9.15 Å². The van der Waals surface area contributed by atoms with Crippen molar-refractivity contribution in [3.8, 4) is 5.75 Å². The second-order valence-corrected chi connectivity index (χ2v) is 4.22. The maximum absolute atomic E-state index is 5.49. The summed E-state index contributed by atoms with van der Waals surface area (Å²) in [6, 6.07) is 10.3. The standard InChI is InChI=1S/C14H15NO2/c1-16-11-4-5-12-10(9-11)6-7-15-14(12)13-3-2-8-17-13/h2-5,8-9,14-15H,6-7H2,1H3. The maximum atomic E-state index is 5.49. The van der Waals surface area contributed by atoms with E-state index in [4.69, 9.17) is 9.15 Å². The monoisotopic (exact) mass is 229 g/mol. The zero-order valence-corrected chi connectivity index (χ0v) is 9.77. The van der Waals surface area contributed by atoms with Crippen LogP contribution in [0.2, 0.25) is 0 Å². The fraction of sp³-hybridized carbons (Fsp3) is 0.286. The lowest BCUT2D eigenvalue weighted by Gasteiger charge is -2.25. The van der Waals surface area contributed by atoms with Gasteiger partial charge in [0.15, 0.2) is 0 Å². The average Bonchev–Trinajstić information content (AvgIpc) is 2.91. The van der Waals surface area contributed by atoms with Crippen LogP contribution in [0.25, 0.3) is 0 Å². The number of hydrogen-bond donors (Lipinski definition) is 1. The Kier molecular flexibility index (Phi) is 2.61. The molecule has 3 heteroatoms. The Morgan fingerprint density at radius 2 is 2.29 bits per heavy atom. The molecule has 1 N–H and O–H groups in total. The lowest BCUT2D eigenvalue weighted by atomic mass is 9.93. The Balaban J connectivity index is 2.02. The molecule has 88 valence electrons. The van der Waals surface area contributed by atoms with Crippen molar-refractivity contribution in [2.75, 3.05) is 13.7 Å². The van der Waals surface area contributed by atoms with Crippen LogP contribution >= 0.6 is 0 Å². The number of rotatable bonds is 2. The minimum atomic E-state index is 0.166. The molecular weight excluding hydrogens is 214 g/mol. The minimum absolute atomic E-state index is 0.166. The summed E-state index contributed by atoms with van der Waals surface area (Å²) < 4.78 is 10.8. The first-order valence-corrected chi connectivity index (χ1v) is 5.82. The van der Waals surface area contributed by atoms with Gasteiger partial charge in [-0.15, -0.1) is 0 Å². The van der Waals surface area contributed by atoms with Crippen molar-refractivity contribution in [3.63, 3.8) is 0 Å². The molecule has 1 aromatic heterocycles. The number of benzene rings is 1. The van der Waals surface area contributed by atoms with Crippen LogP contribution in [0.3, 0.4) is 0 Å². The van der Waals surface area contributed by atoms with E-state index < -0.39 is 0 Å². The molecule has 1 aliphatic heterocycles. The van der Waals surface area contributed by atoms with Gasteiger partial charge < -0.3 is 14.5 Å². The van der Waals surface area contributed by atoms with E-state index in [1.54, 1.807) is 13.4 Å². The molecule has 0 spiro atoms. The Bertz CT molecular complexity index is 505. The molecule has 0 fully saturated rings. The summed E-state index contributed by atoms with van der Waals surface area (Å²) in [7, 11) is 1.70. The minimum Gasteiger partial charge on any atom is -0.497 e. The highest BCUT2D eigenvalue weighted by atomic mass is 16.5. The third-order valence-electron chi connectivity index (χ3n) is 3.23. The van der Waals surface area contributed by atoms with E-state index in [-0.39, 0.29) is 6.04 Å². The van der Waals surface area contributed by atoms with Gasteiger partial charge >= 0.3 is 0 Å². The molecule has 0 saturated carbocycles. The molecule has 1 unspecified atom stereocenters. The quantitative estimate of drug-likeness (QED) is 0.859. The molecule has 17 heavy (non-hydrogen) atoms.